The summed E-state index contributed by atoms with van der Waals surface area (Å²) >= 11 is 0. The van der Waals surface area contributed by atoms with Crippen molar-refractivity contribution in [1.82, 2.24) is 0 Å². The molecule has 1 aromatic rings. The second-order valence-corrected chi connectivity index (χ2v) is 3.40. The number of carbonyl (C=O) groups excluding carboxylic acids is 2. The van der Waals surface area contributed by atoms with Crippen molar-refractivity contribution in [2.75, 3.05) is 7.11 Å². The Morgan fingerprint density at radius 2 is 2.19 bits per heavy atom. The third kappa shape index (κ3) is 2.20. The zero-order chi connectivity index (χ0) is 12.3. The van der Waals surface area contributed by atoms with Crippen molar-refractivity contribution in [3.63, 3.8) is 0 Å². The van der Waals surface area contributed by atoms with E-state index in [-0.39, 0.29) is 16.9 Å². The van der Waals surface area contributed by atoms with Crippen LogP contribution in [0, 0.1) is 0 Å². The van der Waals surface area contributed by atoms with Crippen LogP contribution in [0.25, 0.3) is 0 Å². The maximum absolute atomic E-state index is 11.3. The molecule has 5 nitrogen and oxygen atoms in total. The van der Waals surface area contributed by atoms with E-state index in [9.17, 15) is 14.7 Å². The molecule has 0 saturated carbocycles. The molecule has 0 aliphatic rings. The highest BCUT2D eigenvalue weighted by Gasteiger charge is 2.16. The summed E-state index contributed by atoms with van der Waals surface area (Å²) in [5, 5.41) is 9.67. The number of aromatic hydroxyl groups is 1. The monoisotopic (exact) mass is 223 g/mol. The normalized spacial score (nSPS) is 11.9. The first-order chi connectivity index (χ1) is 7.51. The Morgan fingerprint density at radius 1 is 1.56 bits per heavy atom. The van der Waals surface area contributed by atoms with Crippen LogP contribution in [0.5, 0.6) is 5.75 Å². The molecule has 86 valence electrons. The second kappa shape index (κ2) is 4.76. The van der Waals surface area contributed by atoms with Crippen molar-refractivity contribution >= 4 is 12.3 Å². The standard InChI is InChI=1S/C11H13NO4/c1-6(12)9-4-7(11(15)16-2)3-8(5-13)10(9)14/h3-6,14H,12H2,1-2H3. The van der Waals surface area contributed by atoms with E-state index in [4.69, 9.17) is 5.73 Å². The van der Waals surface area contributed by atoms with Gasteiger partial charge in [0.1, 0.15) is 5.75 Å². The third-order valence-electron chi connectivity index (χ3n) is 2.21. The Hall–Kier alpha value is -1.88. The van der Waals surface area contributed by atoms with Crippen molar-refractivity contribution in [2.24, 2.45) is 5.73 Å². The number of esters is 1. The van der Waals surface area contributed by atoms with Gasteiger partial charge in [0.2, 0.25) is 0 Å². The molecule has 0 amide bonds. The number of ether oxygens (including phenoxy) is 1. The minimum atomic E-state index is -0.579. The zero-order valence-electron chi connectivity index (χ0n) is 9.06. The molecule has 1 aromatic carbocycles. The number of aldehydes is 1. The van der Waals surface area contributed by atoms with Crippen LogP contribution in [-0.2, 0) is 4.74 Å². The van der Waals surface area contributed by atoms with Gasteiger partial charge in [-0.05, 0) is 19.1 Å². The topological polar surface area (TPSA) is 89.6 Å². The lowest BCUT2D eigenvalue weighted by atomic mass is 10.0. The lowest BCUT2D eigenvalue weighted by Crippen LogP contribution is -2.10. The Bertz CT molecular complexity index is 426. The highest BCUT2D eigenvalue weighted by Crippen LogP contribution is 2.27. The fourth-order valence-electron chi connectivity index (χ4n) is 1.35. The van der Waals surface area contributed by atoms with Crippen molar-refractivity contribution in [3.8, 4) is 5.75 Å². The first-order valence-electron chi connectivity index (χ1n) is 4.67. The van der Waals surface area contributed by atoms with Gasteiger partial charge in [-0.1, -0.05) is 0 Å². The van der Waals surface area contributed by atoms with Crippen molar-refractivity contribution in [2.45, 2.75) is 13.0 Å². The van der Waals surface area contributed by atoms with Crippen LogP contribution in [0.1, 0.15) is 39.2 Å². The summed E-state index contributed by atoms with van der Waals surface area (Å²) in [6, 6.07) is 2.20. The van der Waals surface area contributed by atoms with Gasteiger partial charge in [0.15, 0.2) is 6.29 Å². The van der Waals surface area contributed by atoms with Gasteiger partial charge >= 0.3 is 5.97 Å². The maximum Gasteiger partial charge on any atom is 0.337 e. The SMILES string of the molecule is COC(=O)c1cc(C=O)c(O)c(C(C)N)c1. The molecule has 1 atom stereocenters. The highest BCUT2D eigenvalue weighted by atomic mass is 16.5. The molecule has 1 unspecified atom stereocenters. The van der Waals surface area contributed by atoms with Gasteiger partial charge in [0.05, 0.1) is 18.2 Å². The molecule has 0 aromatic heterocycles. The summed E-state index contributed by atoms with van der Waals surface area (Å²) in [5.74, 6) is -0.775. The average Bonchev–Trinajstić information content (AvgIpc) is 2.27. The molecule has 5 heteroatoms. The van der Waals surface area contributed by atoms with E-state index in [0.717, 1.165) is 0 Å². The molecular weight excluding hydrogens is 210 g/mol. The number of methoxy groups -OCH3 is 1. The highest BCUT2D eigenvalue weighted by molar-refractivity contribution is 5.93. The minimum absolute atomic E-state index is 0.0233. The summed E-state index contributed by atoms with van der Waals surface area (Å²) in [5.41, 5.74) is 6.17. The second-order valence-electron chi connectivity index (χ2n) is 3.40. The van der Waals surface area contributed by atoms with Crippen LogP contribution in [0.2, 0.25) is 0 Å². The first-order valence-corrected chi connectivity index (χ1v) is 4.67. The Balaban J connectivity index is 3.39. The molecule has 3 N–H and O–H groups in total. The molecular formula is C11H13NO4. The Morgan fingerprint density at radius 3 is 2.62 bits per heavy atom. The molecule has 0 aliphatic carbocycles. The van der Waals surface area contributed by atoms with Gasteiger partial charge in [-0.3, -0.25) is 4.79 Å². The molecule has 0 heterocycles. The fraction of sp³-hybridized carbons (Fsp3) is 0.273. The van der Waals surface area contributed by atoms with Crippen LogP contribution in [0.4, 0.5) is 0 Å². The Kier molecular flexibility index (Phi) is 3.63. The molecule has 0 radical (unpaired) electrons. The largest absolute Gasteiger partial charge is 0.507 e. The smallest absolute Gasteiger partial charge is 0.337 e. The minimum Gasteiger partial charge on any atom is -0.507 e. The molecule has 16 heavy (non-hydrogen) atoms. The van der Waals surface area contributed by atoms with Crippen LogP contribution in [-0.4, -0.2) is 24.5 Å². The van der Waals surface area contributed by atoms with E-state index in [2.05, 4.69) is 4.74 Å². The first kappa shape index (κ1) is 12.2. The van der Waals surface area contributed by atoms with Crippen molar-refractivity contribution < 1.29 is 19.4 Å². The number of nitrogens with two attached hydrogens (primary N) is 1. The molecule has 1 rings (SSSR count). The summed E-state index contributed by atoms with van der Waals surface area (Å²) < 4.78 is 4.53. The van der Waals surface area contributed by atoms with Crippen LogP contribution in [0.15, 0.2) is 12.1 Å². The van der Waals surface area contributed by atoms with Gasteiger partial charge in [-0.15, -0.1) is 0 Å². The third-order valence-corrected chi connectivity index (χ3v) is 2.21. The summed E-state index contributed by atoms with van der Waals surface area (Å²) in [6.07, 6.45) is 0.466. The van der Waals surface area contributed by atoms with Crippen LogP contribution in [0.3, 0.4) is 0 Å². The lowest BCUT2D eigenvalue weighted by molar-refractivity contribution is 0.0600. The van der Waals surface area contributed by atoms with Gasteiger partial charge < -0.3 is 15.6 Å². The van der Waals surface area contributed by atoms with Gasteiger partial charge in [0, 0.05) is 11.6 Å². The predicted molar refractivity (Wildman–Crippen MR) is 57.4 cm³/mol. The van der Waals surface area contributed by atoms with E-state index in [1.165, 1.54) is 19.2 Å². The number of phenolic OH excluding ortho intramolecular Hbond substituents is 1. The zero-order valence-corrected chi connectivity index (χ0v) is 9.06. The Labute approximate surface area is 92.8 Å². The van der Waals surface area contributed by atoms with Crippen LogP contribution >= 0.6 is 0 Å². The van der Waals surface area contributed by atoms with E-state index >= 15 is 0 Å². The number of hydrogen-bond donors (Lipinski definition) is 2. The van der Waals surface area contributed by atoms with E-state index in [1.54, 1.807) is 6.92 Å². The summed E-state index contributed by atoms with van der Waals surface area (Å²) in [6.45, 7) is 1.64. The predicted octanol–water partition coefficient (Wildman–Crippen LogP) is 1.01. The number of carbonyl (C=O) groups is 2. The number of hydrogen-bond acceptors (Lipinski definition) is 5. The van der Waals surface area contributed by atoms with Gasteiger partial charge in [-0.25, -0.2) is 4.79 Å². The molecule has 0 aliphatic heterocycles. The van der Waals surface area contributed by atoms with E-state index < -0.39 is 12.0 Å². The quantitative estimate of drug-likeness (QED) is 0.589. The van der Waals surface area contributed by atoms with E-state index in [1.807, 2.05) is 0 Å². The molecule has 0 fully saturated rings. The van der Waals surface area contributed by atoms with Crippen molar-refractivity contribution in [3.05, 3.63) is 28.8 Å². The van der Waals surface area contributed by atoms with Gasteiger partial charge in [0.25, 0.3) is 0 Å². The maximum atomic E-state index is 11.3. The molecule has 0 bridgehead atoms. The summed E-state index contributed by atoms with van der Waals surface area (Å²) in [4.78, 5) is 22.0. The summed E-state index contributed by atoms with van der Waals surface area (Å²) in [7, 11) is 1.24. The molecule has 0 spiro atoms. The number of phenols is 1. The van der Waals surface area contributed by atoms with E-state index in [0.29, 0.717) is 11.8 Å². The van der Waals surface area contributed by atoms with Gasteiger partial charge in [-0.2, -0.15) is 0 Å². The number of benzene rings is 1. The molecule has 0 saturated heterocycles. The van der Waals surface area contributed by atoms with Crippen molar-refractivity contribution in [1.29, 1.82) is 0 Å². The number of rotatable bonds is 3. The van der Waals surface area contributed by atoms with Crippen LogP contribution < -0.4 is 5.73 Å². The average molecular weight is 223 g/mol. The fourth-order valence-corrected chi connectivity index (χ4v) is 1.35. The lowest BCUT2D eigenvalue weighted by Gasteiger charge is -2.11.